The molecule has 3 heteroatoms. The Morgan fingerprint density at radius 3 is 2.54 bits per heavy atom. The third-order valence-electron chi connectivity index (χ3n) is 1.43. The Labute approximate surface area is 93.8 Å². The average molecular weight is 231 g/mol. The third kappa shape index (κ3) is 4.65. The first-order valence-corrected chi connectivity index (χ1v) is 5.97. The van der Waals surface area contributed by atoms with Crippen molar-refractivity contribution in [1.29, 1.82) is 0 Å². The summed E-state index contributed by atoms with van der Waals surface area (Å²) in [7, 11) is 0. The molecule has 0 fully saturated rings. The molecule has 13 heavy (non-hydrogen) atoms. The van der Waals surface area contributed by atoms with Crippen LogP contribution in [0, 0.1) is 0 Å². The molecule has 0 bridgehead atoms. The van der Waals surface area contributed by atoms with Gasteiger partial charge >= 0.3 is 0 Å². The Balaban J connectivity index is 2.37. The first-order valence-electron chi connectivity index (χ1n) is 3.97. The van der Waals surface area contributed by atoms with Crippen molar-refractivity contribution >= 4 is 36.0 Å². The van der Waals surface area contributed by atoms with Gasteiger partial charge in [-0.1, -0.05) is 23.8 Å². The van der Waals surface area contributed by atoms with Crippen LogP contribution in [0.25, 0.3) is 0 Å². The van der Waals surface area contributed by atoms with Crippen molar-refractivity contribution in [2.75, 3.05) is 11.5 Å². The Morgan fingerprint density at radius 1 is 1.23 bits per heavy atom. The normalized spacial score (nSPS) is 10.9. The molecule has 0 heterocycles. The SMILES string of the molecule is SCC=CCSc1ccc(Cl)cc1. The van der Waals surface area contributed by atoms with E-state index in [4.69, 9.17) is 11.6 Å². The van der Waals surface area contributed by atoms with E-state index in [1.807, 2.05) is 30.3 Å². The molecule has 0 atom stereocenters. The van der Waals surface area contributed by atoms with Crippen molar-refractivity contribution in [2.45, 2.75) is 4.90 Å². The summed E-state index contributed by atoms with van der Waals surface area (Å²) in [6.07, 6.45) is 4.16. The summed E-state index contributed by atoms with van der Waals surface area (Å²) >= 11 is 11.6. The molecule has 70 valence electrons. The topological polar surface area (TPSA) is 0 Å². The van der Waals surface area contributed by atoms with Gasteiger partial charge in [0.2, 0.25) is 0 Å². The molecule has 0 N–H and O–H groups in total. The largest absolute Gasteiger partial charge is 0.175 e. The molecule has 0 nitrogen and oxygen atoms in total. The van der Waals surface area contributed by atoms with Gasteiger partial charge in [-0.05, 0) is 24.3 Å². The first kappa shape index (κ1) is 11.0. The minimum Gasteiger partial charge on any atom is -0.175 e. The van der Waals surface area contributed by atoms with Gasteiger partial charge in [-0.3, -0.25) is 0 Å². The lowest BCUT2D eigenvalue weighted by atomic mass is 10.4. The average Bonchev–Trinajstić information content (AvgIpc) is 2.15. The van der Waals surface area contributed by atoms with Crippen LogP contribution in [0.2, 0.25) is 5.02 Å². The number of halogens is 1. The van der Waals surface area contributed by atoms with Crippen molar-refractivity contribution in [3.63, 3.8) is 0 Å². The van der Waals surface area contributed by atoms with Crippen molar-refractivity contribution < 1.29 is 0 Å². The van der Waals surface area contributed by atoms with Gasteiger partial charge in [0, 0.05) is 21.4 Å². The molecular weight excluding hydrogens is 220 g/mol. The van der Waals surface area contributed by atoms with Crippen LogP contribution in [0.15, 0.2) is 41.3 Å². The van der Waals surface area contributed by atoms with E-state index in [9.17, 15) is 0 Å². The van der Waals surface area contributed by atoms with Gasteiger partial charge in [-0.2, -0.15) is 12.6 Å². The number of rotatable bonds is 4. The zero-order valence-electron chi connectivity index (χ0n) is 7.11. The van der Waals surface area contributed by atoms with E-state index >= 15 is 0 Å². The second kappa shape index (κ2) is 6.41. The molecule has 0 aromatic heterocycles. The lowest BCUT2D eigenvalue weighted by Gasteiger charge is -1.97. The van der Waals surface area contributed by atoms with Gasteiger partial charge < -0.3 is 0 Å². The molecule has 0 aliphatic heterocycles. The molecule has 0 unspecified atom stereocenters. The van der Waals surface area contributed by atoms with Gasteiger partial charge in [-0.25, -0.2) is 0 Å². The van der Waals surface area contributed by atoms with Crippen molar-refractivity contribution in [2.24, 2.45) is 0 Å². The fraction of sp³-hybridized carbons (Fsp3) is 0.200. The van der Waals surface area contributed by atoms with Crippen molar-refractivity contribution in [3.8, 4) is 0 Å². The van der Waals surface area contributed by atoms with E-state index in [1.165, 1.54) is 4.90 Å². The Hall–Kier alpha value is -0.0500. The summed E-state index contributed by atoms with van der Waals surface area (Å²) in [5.74, 6) is 1.80. The number of thioether (sulfide) groups is 1. The summed E-state index contributed by atoms with van der Waals surface area (Å²) in [6, 6.07) is 7.88. The zero-order chi connectivity index (χ0) is 9.52. The van der Waals surface area contributed by atoms with E-state index in [2.05, 4.69) is 18.7 Å². The number of hydrogen-bond acceptors (Lipinski definition) is 2. The van der Waals surface area contributed by atoms with Gasteiger partial charge in [0.25, 0.3) is 0 Å². The highest BCUT2D eigenvalue weighted by atomic mass is 35.5. The van der Waals surface area contributed by atoms with Crippen LogP contribution in [-0.2, 0) is 0 Å². The highest BCUT2D eigenvalue weighted by Crippen LogP contribution is 2.20. The quantitative estimate of drug-likeness (QED) is 0.465. The second-order valence-corrected chi connectivity index (χ2v) is 4.31. The van der Waals surface area contributed by atoms with Crippen LogP contribution in [0.1, 0.15) is 0 Å². The van der Waals surface area contributed by atoms with E-state index in [-0.39, 0.29) is 0 Å². The molecule has 0 saturated heterocycles. The predicted molar refractivity (Wildman–Crippen MR) is 65.2 cm³/mol. The molecule has 1 aromatic rings. The van der Waals surface area contributed by atoms with Gasteiger partial charge in [0.1, 0.15) is 0 Å². The lowest BCUT2D eigenvalue weighted by Crippen LogP contribution is -1.74. The van der Waals surface area contributed by atoms with E-state index < -0.39 is 0 Å². The minimum absolute atomic E-state index is 0.787. The molecule has 1 aromatic carbocycles. The van der Waals surface area contributed by atoms with Crippen LogP contribution in [-0.4, -0.2) is 11.5 Å². The van der Waals surface area contributed by atoms with E-state index in [1.54, 1.807) is 11.8 Å². The van der Waals surface area contributed by atoms with Crippen LogP contribution in [0.5, 0.6) is 0 Å². The van der Waals surface area contributed by atoms with Crippen molar-refractivity contribution in [3.05, 3.63) is 41.4 Å². The van der Waals surface area contributed by atoms with Gasteiger partial charge in [0.05, 0.1) is 0 Å². The van der Waals surface area contributed by atoms with Gasteiger partial charge in [-0.15, -0.1) is 11.8 Å². The lowest BCUT2D eigenvalue weighted by molar-refractivity contribution is 1.46. The van der Waals surface area contributed by atoms with Crippen molar-refractivity contribution in [1.82, 2.24) is 0 Å². The van der Waals surface area contributed by atoms with Crippen LogP contribution in [0.4, 0.5) is 0 Å². The Kier molecular flexibility index (Phi) is 5.44. The Morgan fingerprint density at radius 2 is 1.92 bits per heavy atom. The molecule has 0 radical (unpaired) electrons. The van der Waals surface area contributed by atoms with Crippen LogP contribution >= 0.6 is 36.0 Å². The maximum absolute atomic E-state index is 5.76. The van der Waals surface area contributed by atoms with Crippen LogP contribution in [0.3, 0.4) is 0 Å². The number of thiol groups is 1. The second-order valence-electron chi connectivity index (χ2n) is 2.42. The number of benzene rings is 1. The molecule has 1 rings (SSSR count). The fourth-order valence-electron chi connectivity index (χ4n) is 0.818. The molecule has 0 saturated carbocycles. The standard InChI is InChI=1S/C10H11ClS2/c11-9-3-5-10(6-4-9)13-8-2-1-7-12/h1-6,12H,7-8H2. The molecule has 0 amide bonds. The zero-order valence-corrected chi connectivity index (χ0v) is 9.58. The first-order chi connectivity index (χ1) is 6.33. The monoisotopic (exact) mass is 230 g/mol. The van der Waals surface area contributed by atoms with E-state index in [0.717, 1.165) is 16.5 Å². The molecule has 0 aliphatic carbocycles. The smallest absolute Gasteiger partial charge is 0.0406 e. The summed E-state index contributed by atoms with van der Waals surface area (Å²) in [5, 5.41) is 0.787. The van der Waals surface area contributed by atoms with E-state index in [0.29, 0.717) is 0 Å². The van der Waals surface area contributed by atoms with Gasteiger partial charge in [0.15, 0.2) is 0 Å². The molecule has 0 aliphatic rings. The minimum atomic E-state index is 0.787. The molecule has 0 spiro atoms. The Bertz CT molecular complexity index is 267. The molecular formula is C10H11ClS2. The maximum Gasteiger partial charge on any atom is 0.0406 e. The highest BCUT2D eigenvalue weighted by Gasteiger charge is 1.91. The summed E-state index contributed by atoms with van der Waals surface area (Å²) in [4.78, 5) is 1.24. The third-order valence-corrected chi connectivity index (χ3v) is 2.86. The summed E-state index contributed by atoms with van der Waals surface area (Å²) < 4.78 is 0. The fourth-order valence-corrected chi connectivity index (χ4v) is 1.85. The highest BCUT2D eigenvalue weighted by molar-refractivity contribution is 7.99. The predicted octanol–water partition coefficient (Wildman–Crippen LogP) is 3.92. The summed E-state index contributed by atoms with van der Waals surface area (Å²) in [6.45, 7) is 0. The maximum atomic E-state index is 5.76. The van der Waals surface area contributed by atoms with Crippen LogP contribution < -0.4 is 0 Å². The summed E-state index contributed by atoms with van der Waals surface area (Å²) in [5.41, 5.74) is 0. The number of hydrogen-bond donors (Lipinski definition) is 1.